The number of nitrogens with two attached hydrogens (primary N) is 1. The number of hydrogen-bond donors (Lipinski definition) is 2. The number of nitrogens with one attached hydrogen (secondary N) is 1. The second-order valence-electron chi connectivity index (χ2n) is 3.46. The molecule has 0 unspecified atom stereocenters. The maximum Gasteiger partial charge on any atom is 0.321 e. The van der Waals surface area contributed by atoms with Crippen LogP contribution < -0.4 is 11.1 Å². The van der Waals surface area contributed by atoms with Gasteiger partial charge in [0.1, 0.15) is 0 Å². The van der Waals surface area contributed by atoms with Crippen molar-refractivity contribution < 1.29 is 4.79 Å². The summed E-state index contributed by atoms with van der Waals surface area (Å²) in [5, 5.41) is 2.87. The summed E-state index contributed by atoms with van der Waals surface area (Å²) < 4.78 is 0. The molecule has 3 N–H and O–H groups in total. The van der Waals surface area contributed by atoms with Crippen LogP contribution in [0.3, 0.4) is 0 Å². The van der Waals surface area contributed by atoms with E-state index in [2.05, 4.69) is 5.32 Å². The number of amides is 2. The Labute approximate surface area is 96.4 Å². The Balaban J connectivity index is 2.76. The molecule has 4 heteroatoms. The van der Waals surface area contributed by atoms with Crippen LogP contribution in [0.15, 0.2) is 24.3 Å². The molecule has 0 bridgehead atoms. The topological polar surface area (TPSA) is 58.4 Å². The standard InChI is InChI=1S/C12H19N3O/c1-3-15(4-2)12(16)14-11-8-6-5-7-10(11)9-13/h5-8H,3-4,9,13H2,1-2H3,(H,14,16). The minimum atomic E-state index is -0.0779. The Kier molecular flexibility index (Phi) is 4.79. The third kappa shape index (κ3) is 2.97. The summed E-state index contributed by atoms with van der Waals surface area (Å²) in [5.74, 6) is 0. The molecule has 88 valence electrons. The molecule has 0 atom stereocenters. The number of rotatable bonds is 4. The van der Waals surface area contributed by atoms with Crippen LogP contribution in [0.1, 0.15) is 19.4 Å². The van der Waals surface area contributed by atoms with Gasteiger partial charge in [-0.2, -0.15) is 0 Å². The van der Waals surface area contributed by atoms with Crippen LogP contribution in [0.25, 0.3) is 0 Å². The third-order valence-electron chi connectivity index (χ3n) is 2.53. The number of carbonyl (C=O) groups excluding carboxylic acids is 1. The molecule has 2 amide bonds. The summed E-state index contributed by atoms with van der Waals surface area (Å²) in [7, 11) is 0. The predicted octanol–water partition coefficient (Wildman–Crippen LogP) is 2.02. The van der Waals surface area contributed by atoms with Gasteiger partial charge in [0.05, 0.1) is 0 Å². The van der Waals surface area contributed by atoms with Crippen molar-refractivity contribution in [1.82, 2.24) is 4.90 Å². The summed E-state index contributed by atoms with van der Waals surface area (Å²) in [5.41, 5.74) is 7.34. The van der Waals surface area contributed by atoms with Crippen molar-refractivity contribution in [3.05, 3.63) is 29.8 Å². The van der Waals surface area contributed by atoms with Crippen LogP contribution in [0.4, 0.5) is 10.5 Å². The summed E-state index contributed by atoms with van der Waals surface area (Å²) >= 11 is 0. The lowest BCUT2D eigenvalue weighted by atomic mass is 10.2. The molecule has 1 aromatic carbocycles. The van der Waals surface area contributed by atoms with Crippen molar-refractivity contribution in [2.75, 3.05) is 18.4 Å². The molecule has 0 aromatic heterocycles. The van der Waals surface area contributed by atoms with Crippen LogP contribution in [-0.4, -0.2) is 24.0 Å². The highest BCUT2D eigenvalue weighted by atomic mass is 16.2. The van der Waals surface area contributed by atoms with Gasteiger partial charge in [0.25, 0.3) is 0 Å². The fraction of sp³-hybridized carbons (Fsp3) is 0.417. The van der Waals surface area contributed by atoms with E-state index in [1.54, 1.807) is 4.90 Å². The average molecular weight is 221 g/mol. The van der Waals surface area contributed by atoms with Gasteiger partial charge in [-0.3, -0.25) is 0 Å². The molecule has 0 saturated heterocycles. The van der Waals surface area contributed by atoms with Gasteiger partial charge >= 0.3 is 6.03 Å². The summed E-state index contributed by atoms with van der Waals surface area (Å²) in [6.45, 7) is 5.74. The zero-order chi connectivity index (χ0) is 12.0. The van der Waals surface area contributed by atoms with Crippen molar-refractivity contribution in [2.45, 2.75) is 20.4 Å². The number of urea groups is 1. The second kappa shape index (κ2) is 6.12. The lowest BCUT2D eigenvalue weighted by Crippen LogP contribution is -2.34. The van der Waals surface area contributed by atoms with Crippen LogP contribution in [-0.2, 0) is 6.54 Å². The Morgan fingerprint density at radius 2 is 1.94 bits per heavy atom. The van der Waals surface area contributed by atoms with E-state index in [1.165, 1.54) is 0 Å². The smallest absolute Gasteiger partial charge is 0.321 e. The van der Waals surface area contributed by atoms with E-state index in [-0.39, 0.29) is 6.03 Å². The van der Waals surface area contributed by atoms with Crippen molar-refractivity contribution in [2.24, 2.45) is 5.73 Å². The molecular formula is C12H19N3O. The van der Waals surface area contributed by atoms with E-state index in [4.69, 9.17) is 5.73 Å². The fourth-order valence-corrected chi connectivity index (χ4v) is 1.53. The Morgan fingerprint density at radius 3 is 2.50 bits per heavy atom. The number of carbonyl (C=O) groups is 1. The van der Waals surface area contributed by atoms with Gasteiger partial charge in [-0.1, -0.05) is 18.2 Å². The van der Waals surface area contributed by atoms with Gasteiger partial charge in [0.15, 0.2) is 0 Å². The van der Waals surface area contributed by atoms with Crippen LogP contribution in [0, 0.1) is 0 Å². The first kappa shape index (κ1) is 12.5. The molecule has 0 aliphatic rings. The number of para-hydroxylation sites is 1. The van der Waals surface area contributed by atoms with E-state index in [9.17, 15) is 4.79 Å². The number of hydrogen-bond acceptors (Lipinski definition) is 2. The maximum atomic E-state index is 11.8. The third-order valence-corrected chi connectivity index (χ3v) is 2.53. The predicted molar refractivity (Wildman–Crippen MR) is 66.3 cm³/mol. The van der Waals surface area contributed by atoms with Crippen LogP contribution >= 0.6 is 0 Å². The monoisotopic (exact) mass is 221 g/mol. The molecule has 4 nitrogen and oxygen atoms in total. The normalized spacial score (nSPS) is 9.94. The van der Waals surface area contributed by atoms with Crippen molar-refractivity contribution in [3.63, 3.8) is 0 Å². The first-order chi connectivity index (χ1) is 7.72. The SMILES string of the molecule is CCN(CC)C(=O)Nc1ccccc1CN. The van der Waals surface area contributed by atoms with Gasteiger partial charge in [0, 0.05) is 25.3 Å². The van der Waals surface area contributed by atoms with E-state index in [0.717, 1.165) is 11.3 Å². The Hall–Kier alpha value is -1.55. The van der Waals surface area contributed by atoms with Gasteiger partial charge in [-0.05, 0) is 25.5 Å². The van der Waals surface area contributed by atoms with Gasteiger partial charge in [0.2, 0.25) is 0 Å². The fourth-order valence-electron chi connectivity index (χ4n) is 1.53. The van der Waals surface area contributed by atoms with E-state index in [0.29, 0.717) is 19.6 Å². The molecule has 0 saturated carbocycles. The molecule has 0 heterocycles. The number of nitrogens with zero attached hydrogens (tertiary/aromatic N) is 1. The van der Waals surface area contributed by atoms with E-state index >= 15 is 0 Å². The average Bonchev–Trinajstić information content (AvgIpc) is 2.31. The molecule has 1 rings (SSSR count). The largest absolute Gasteiger partial charge is 0.326 e. The second-order valence-corrected chi connectivity index (χ2v) is 3.46. The molecular weight excluding hydrogens is 202 g/mol. The molecule has 0 spiro atoms. The molecule has 1 aromatic rings. The summed E-state index contributed by atoms with van der Waals surface area (Å²) in [6.07, 6.45) is 0. The quantitative estimate of drug-likeness (QED) is 0.817. The van der Waals surface area contributed by atoms with E-state index < -0.39 is 0 Å². The van der Waals surface area contributed by atoms with Gasteiger partial charge < -0.3 is 16.0 Å². The first-order valence-corrected chi connectivity index (χ1v) is 5.56. The van der Waals surface area contributed by atoms with Gasteiger partial charge in [-0.25, -0.2) is 4.79 Å². The minimum Gasteiger partial charge on any atom is -0.326 e. The van der Waals surface area contributed by atoms with Gasteiger partial charge in [-0.15, -0.1) is 0 Å². The van der Waals surface area contributed by atoms with Crippen molar-refractivity contribution >= 4 is 11.7 Å². The maximum absolute atomic E-state index is 11.8. The van der Waals surface area contributed by atoms with Crippen LogP contribution in [0.5, 0.6) is 0 Å². The highest BCUT2D eigenvalue weighted by molar-refractivity contribution is 5.90. The Bertz CT molecular complexity index is 348. The van der Waals surface area contributed by atoms with Crippen molar-refractivity contribution in [1.29, 1.82) is 0 Å². The summed E-state index contributed by atoms with van der Waals surface area (Å²) in [6, 6.07) is 7.50. The molecule has 0 aliphatic carbocycles. The number of benzene rings is 1. The zero-order valence-corrected chi connectivity index (χ0v) is 9.86. The van der Waals surface area contributed by atoms with Crippen molar-refractivity contribution in [3.8, 4) is 0 Å². The Morgan fingerprint density at radius 1 is 1.31 bits per heavy atom. The molecule has 0 aliphatic heterocycles. The minimum absolute atomic E-state index is 0.0779. The lowest BCUT2D eigenvalue weighted by Gasteiger charge is -2.20. The zero-order valence-electron chi connectivity index (χ0n) is 9.86. The summed E-state index contributed by atoms with van der Waals surface area (Å²) in [4.78, 5) is 13.5. The highest BCUT2D eigenvalue weighted by Gasteiger charge is 2.10. The molecule has 0 radical (unpaired) electrons. The van der Waals surface area contributed by atoms with E-state index in [1.807, 2.05) is 38.1 Å². The molecule has 0 fully saturated rings. The molecule has 16 heavy (non-hydrogen) atoms. The van der Waals surface area contributed by atoms with Crippen LogP contribution in [0.2, 0.25) is 0 Å². The number of anilines is 1. The lowest BCUT2D eigenvalue weighted by molar-refractivity contribution is 0.217. The first-order valence-electron chi connectivity index (χ1n) is 5.56. The highest BCUT2D eigenvalue weighted by Crippen LogP contribution is 2.14.